The minimum atomic E-state index is -3.56. The highest BCUT2D eigenvalue weighted by molar-refractivity contribution is 7.88. The summed E-state index contributed by atoms with van der Waals surface area (Å²) < 4.78 is 141. The lowest BCUT2D eigenvalue weighted by atomic mass is 9.52. The maximum Gasteiger partial charge on any atom is 0.344 e. The molecule has 12 bridgehead atoms. The van der Waals surface area contributed by atoms with Crippen molar-refractivity contribution in [1.29, 1.82) is 0 Å². The third kappa shape index (κ3) is 23.3. The van der Waals surface area contributed by atoms with E-state index in [1.807, 2.05) is 20.8 Å². The van der Waals surface area contributed by atoms with E-state index in [2.05, 4.69) is 26.3 Å². The van der Waals surface area contributed by atoms with Crippen LogP contribution in [0.5, 0.6) is 0 Å². The summed E-state index contributed by atoms with van der Waals surface area (Å²) in [6.07, 6.45) is 7.79. The highest BCUT2D eigenvalue weighted by Crippen LogP contribution is 2.60. The number of aliphatic hydroxyl groups is 1. The number of ether oxygens (including phenoxy) is 16. The molecule has 0 spiro atoms. The average molecular weight is 1830 g/mol. The van der Waals surface area contributed by atoms with E-state index >= 15 is 0 Å². The lowest BCUT2D eigenvalue weighted by molar-refractivity contribution is -0.217. The van der Waals surface area contributed by atoms with Crippen LogP contribution in [0.1, 0.15) is 217 Å². The van der Waals surface area contributed by atoms with Crippen molar-refractivity contribution in [3.63, 3.8) is 0 Å². The summed E-state index contributed by atoms with van der Waals surface area (Å²) in [4.78, 5) is 163. The molecule has 8 heterocycles. The maximum atomic E-state index is 12.1. The predicted molar refractivity (Wildman–Crippen MR) is 433 cm³/mol. The van der Waals surface area contributed by atoms with Gasteiger partial charge in [-0.2, -0.15) is 16.8 Å². The van der Waals surface area contributed by atoms with E-state index < -0.39 is 169 Å². The fraction of sp³-hybridized carbons (Fsp3) is 0.750. The van der Waals surface area contributed by atoms with E-state index in [1.54, 1.807) is 41.5 Å². The topological polar surface area (TPSA) is 494 Å². The molecular weight excluding hydrogens is 1710 g/mol. The Bertz CT molecular complexity index is 4520. The largest absolute Gasteiger partial charge is 0.462 e. The highest BCUT2D eigenvalue weighted by Gasteiger charge is 2.69. The van der Waals surface area contributed by atoms with Crippen LogP contribution < -0.4 is 0 Å². The van der Waals surface area contributed by atoms with Crippen LogP contribution in [0.4, 0.5) is 0 Å². The van der Waals surface area contributed by atoms with Gasteiger partial charge in [0.15, 0.2) is 37.6 Å². The van der Waals surface area contributed by atoms with Gasteiger partial charge in [-0.1, -0.05) is 40.2 Å². The number of carbonyl (C=O) groups excluding carboxylic acids is 14. The molecule has 39 heteroatoms. The number of rotatable bonds is 30. The zero-order chi connectivity index (χ0) is 93.1. The Hall–Kier alpha value is -8.76. The molecule has 9 saturated carbocycles. The summed E-state index contributed by atoms with van der Waals surface area (Å²) in [5.74, 6) is -6.51. The Labute approximate surface area is 737 Å². The van der Waals surface area contributed by atoms with E-state index in [4.69, 9.17) is 84.2 Å². The van der Waals surface area contributed by atoms with Crippen molar-refractivity contribution in [3.8, 4) is 0 Å². The molecule has 17 fully saturated rings. The molecule has 8 saturated heterocycles. The Kier molecular flexibility index (Phi) is 31.1. The van der Waals surface area contributed by atoms with Crippen molar-refractivity contribution in [2.75, 3.05) is 39.6 Å². The third-order valence-electron chi connectivity index (χ3n) is 26.9. The summed E-state index contributed by atoms with van der Waals surface area (Å²) in [7, 11) is -7.11. The standard InChI is InChI=1S/C19H28O9S.C17H22O9S.C15H20O7.C14H20O3.C13H14O7.C10H16O2/c1-4-19(2,3)18(22)26-8-7-25-14(20)5-6-15(21)27-16-11-9-12-13(10-11)29(23,24)28-17(12)16;1-9(2)17(20)24-6-5-23-13(18)3-4-14(19)25-15-10-7-11-12(8-10)27(21,22)26-16(11)15;1-4-15(2,3)14(18)19-6-9(16)21-11-8-5-7-10(20-8)12(11)22-13(7)17;1-9(2)12(15)17-14-6-10-3-11(7-14)5-13(16,4-10)8-14;1-5(2)12(15)17-4-8(14)19-10-7-3-6-9(18-7)11(10)20-13(6)16;1-8(2)9(11)12-10(3)6-4-5-7-10/h11-13,16-17H,4-10H2,1-3H3;10-12,15-16H,1,3-8H2,2H3;7-8,10-12H,4-6H2,1-3H3;10-11,16H,1,3-8H2,2H3;6-7,9-11H,1,3-4H2,2H3;1,4-7H2,2-3H3. The van der Waals surface area contributed by atoms with Crippen molar-refractivity contribution in [3.05, 3.63) is 48.6 Å². The molecule has 22 atom stereocenters. The van der Waals surface area contributed by atoms with Crippen molar-refractivity contribution in [2.45, 2.75) is 318 Å². The minimum Gasteiger partial charge on any atom is -0.462 e. The first-order valence-corrected chi connectivity index (χ1v) is 46.6. The van der Waals surface area contributed by atoms with Crippen LogP contribution in [0.25, 0.3) is 0 Å². The van der Waals surface area contributed by atoms with Gasteiger partial charge in [-0.15, -0.1) is 0 Å². The van der Waals surface area contributed by atoms with Gasteiger partial charge in [0.25, 0.3) is 20.2 Å². The van der Waals surface area contributed by atoms with Gasteiger partial charge in [0.2, 0.25) is 0 Å². The van der Waals surface area contributed by atoms with E-state index in [-0.39, 0.29) is 159 Å². The minimum absolute atomic E-state index is 0.00904. The quantitative estimate of drug-likeness (QED) is 0.0255. The molecule has 0 aromatic rings. The first-order valence-electron chi connectivity index (χ1n) is 43.6. The monoisotopic (exact) mass is 1830 g/mol. The van der Waals surface area contributed by atoms with E-state index in [1.165, 1.54) is 33.1 Å². The molecule has 17 aliphatic rings. The first-order chi connectivity index (χ1) is 59.5. The van der Waals surface area contributed by atoms with Crippen molar-refractivity contribution >= 4 is 104 Å². The van der Waals surface area contributed by atoms with Crippen LogP contribution in [0.2, 0.25) is 0 Å². The van der Waals surface area contributed by atoms with Gasteiger partial charge in [-0.25, -0.2) is 28.8 Å². The van der Waals surface area contributed by atoms with Gasteiger partial charge in [-0.3, -0.25) is 46.7 Å². The van der Waals surface area contributed by atoms with Crippen LogP contribution in [0.15, 0.2) is 48.6 Å². The fourth-order valence-corrected chi connectivity index (χ4v) is 23.8. The molecule has 0 aromatic heterocycles. The molecule has 9 aliphatic carbocycles. The zero-order valence-electron chi connectivity index (χ0n) is 73.8. The second kappa shape index (κ2) is 39.9. The molecule has 706 valence electrons. The summed E-state index contributed by atoms with van der Waals surface area (Å²) in [6.45, 7) is 31.9. The molecule has 8 aliphatic heterocycles. The Balaban J connectivity index is 0.000000150. The van der Waals surface area contributed by atoms with Crippen LogP contribution in [0.3, 0.4) is 0 Å². The molecule has 127 heavy (non-hydrogen) atoms. The number of hydrogen-bond acceptors (Lipinski definition) is 37. The molecule has 22 unspecified atom stereocenters. The molecule has 0 amide bonds. The lowest BCUT2D eigenvalue weighted by Crippen LogP contribution is -2.60. The SMILES string of the molecule is C=C(C)C(=O)OC1(C)CCCC1.C=C(C)C(=O)OC12CC3CC(CC(O)(C3)C1)C2.C=C(C)C(=O)OCC(=O)OC1C2CC3C(=O)OC1C3O2.C=C(C)C(=O)OCCOC(=O)CCC(=O)OC1C2CC3C1OS(=O)(=O)C3C2.CCC(C)(C)C(=O)OCC(=O)OC1C2CC3C(=O)OC1C3O2.CCC(C)(C)C(=O)OCCOC(=O)CCC(=O)OC1C2CC3C1OS(=O)(=O)C3C2. The highest BCUT2D eigenvalue weighted by atomic mass is 32.2. The first kappa shape index (κ1) is 98.8. The second-order valence-electron chi connectivity index (χ2n) is 37.8. The zero-order valence-corrected chi connectivity index (χ0v) is 75.4. The number of hydrogen-bond donors (Lipinski definition) is 1. The smallest absolute Gasteiger partial charge is 0.344 e. The van der Waals surface area contributed by atoms with E-state index in [0.29, 0.717) is 80.8 Å². The van der Waals surface area contributed by atoms with Gasteiger partial charge in [-0.05, 0) is 183 Å². The summed E-state index contributed by atoms with van der Waals surface area (Å²) in [5.41, 5.74) is -1.01. The molecule has 1 N–H and O–H groups in total. The number of fused-ring (bicyclic) bond motifs is 4. The average Bonchev–Trinajstić information content (AvgIpc) is 1.71. The predicted octanol–water partition coefficient (Wildman–Crippen LogP) is 6.76. The van der Waals surface area contributed by atoms with Crippen LogP contribution in [0, 0.1) is 58.2 Å². The third-order valence-corrected chi connectivity index (χ3v) is 30.4. The summed E-state index contributed by atoms with van der Waals surface area (Å²) >= 11 is 0. The van der Waals surface area contributed by atoms with Crippen LogP contribution in [-0.4, -0.2) is 246 Å². The fourth-order valence-electron chi connectivity index (χ4n) is 20.0. The maximum absolute atomic E-state index is 12.1. The molecular formula is C88H120O37S2. The Morgan fingerprint density at radius 2 is 0.819 bits per heavy atom. The number of carbonyl (C=O) groups is 14. The van der Waals surface area contributed by atoms with Crippen molar-refractivity contribution < 1.29 is 173 Å². The van der Waals surface area contributed by atoms with Crippen molar-refractivity contribution in [1.82, 2.24) is 0 Å². The lowest BCUT2D eigenvalue weighted by Gasteiger charge is -2.59. The molecule has 0 aromatic carbocycles. The van der Waals surface area contributed by atoms with Gasteiger partial charge in [0, 0.05) is 52.4 Å². The number of esters is 14. The molecule has 37 nitrogen and oxygen atoms in total. The van der Waals surface area contributed by atoms with Gasteiger partial charge < -0.3 is 80.9 Å². The Morgan fingerprint density at radius 1 is 0.441 bits per heavy atom. The van der Waals surface area contributed by atoms with Gasteiger partial charge >= 0.3 is 83.6 Å². The van der Waals surface area contributed by atoms with E-state index in [9.17, 15) is 89.1 Å². The van der Waals surface area contributed by atoms with Gasteiger partial charge in [0.1, 0.15) is 74.3 Å². The molecule has 17 rings (SSSR count). The molecule has 0 radical (unpaired) electrons. The van der Waals surface area contributed by atoms with Gasteiger partial charge in [0.05, 0.1) is 76.7 Å². The van der Waals surface area contributed by atoms with Crippen LogP contribution in [-0.2, 0) is 172 Å². The van der Waals surface area contributed by atoms with Crippen molar-refractivity contribution in [2.24, 2.45) is 58.2 Å². The van der Waals surface area contributed by atoms with Crippen LogP contribution >= 0.6 is 0 Å². The second-order valence-corrected chi connectivity index (χ2v) is 41.4. The summed E-state index contributed by atoms with van der Waals surface area (Å²) in [5, 5.41) is 9.56. The van der Waals surface area contributed by atoms with E-state index in [0.717, 1.165) is 38.5 Å². The summed E-state index contributed by atoms with van der Waals surface area (Å²) in [6, 6.07) is 0. The normalized spacial score (nSPS) is 34.1. The Morgan fingerprint density at radius 3 is 1.24 bits per heavy atom.